The molecule has 0 saturated heterocycles. The van der Waals surface area contributed by atoms with Gasteiger partial charge in [0.05, 0.1) is 40.9 Å². The van der Waals surface area contributed by atoms with Crippen molar-refractivity contribution in [3.63, 3.8) is 0 Å². The summed E-state index contributed by atoms with van der Waals surface area (Å²) in [7, 11) is 1.93. The fraction of sp³-hybridized carbons (Fsp3) is 0.167. The van der Waals surface area contributed by atoms with Crippen molar-refractivity contribution in [1.82, 2.24) is 9.55 Å². The van der Waals surface area contributed by atoms with Gasteiger partial charge in [-0.05, 0) is 18.2 Å². The fourth-order valence-corrected chi connectivity index (χ4v) is 1.72. The van der Waals surface area contributed by atoms with Crippen LogP contribution in [0.4, 0.5) is 5.69 Å². The number of halogens is 1. The highest BCUT2D eigenvalue weighted by atomic mass is 35.5. The summed E-state index contributed by atoms with van der Waals surface area (Å²) in [5, 5.41) is 12.5. The monoisotopic (exact) mass is 246 g/mol. The van der Waals surface area contributed by atoms with Gasteiger partial charge in [-0.3, -0.25) is 0 Å². The van der Waals surface area contributed by atoms with Crippen molar-refractivity contribution in [1.29, 1.82) is 5.26 Å². The van der Waals surface area contributed by atoms with Crippen molar-refractivity contribution in [2.45, 2.75) is 6.54 Å². The highest BCUT2D eigenvalue weighted by molar-refractivity contribution is 6.33. The molecular formula is C12H11ClN4. The van der Waals surface area contributed by atoms with E-state index in [2.05, 4.69) is 10.3 Å². The number of rotatable bonds is 3. The predicted octanol–water partition coefficient (Wildman–Crippen LogP) is 2.56. The lowest BCUT2D eigenvalue weighted by Crippen LogP contribution is -2.04. The zero-order valence-electron chi connectivity index (χ0n) is 9.31. The van der Waals surface area contributed by atoms with Crippen LogP contribution >= 0.6 is 11.6 Å². The molecule has 0 atom stereocenters. The number of hydrogen-bond donors (Lipinski definition) is 1. The van der Waals surface area contributed by atoms with E-state index in [9.17, 15) is 0 Å². The summed E-state index contributed by atoms with van der Waals surface area (Å²) in [5.74, 6) is 0. The van der Waals surface area contributed by atoms with E-state index in [4.69, 9.17) is 16.9 Å². The van der Waals surface area contributed by atoms with Crippen LogP contribution in [0.25, 0.3) is 0 Å². The van der Waals surface area contributed by atoms with Crippen LogP contribution in [0.3, 0.4) is 0 Å². The Kier molecular flexibility index (Phi) is 3.31. The molecule has 0 unspecified atom stereocenters. The highest BCUT2D eigenvalue weighted by Gasteiger charge is 2.03. The Balaban J connectivity index is 2.10. The molecule has 1 N–H and O–H groups in total. The third-order valence-corrected chi connectivity index (χ3v) is 2.79. The molecule has 4 nitrogen and oxygen atoms in total. The van der Waals surface area contributed by atoms with Crippen LogP contribution in [-0.4, -0.2) is 9.55 Å². The van der Waals surface area contributed by atoms with Gasteiger partial charge < -0.3 is 9.88 Å². The second-order valence-corrected chi connectivity index (χ2v) is 4.06. The molecule has 0 amide bonds. The third kappa shape index (κ3) is 2.58. The molecule has 17 heavy (non-hydrogen) atoms. The van der Waals surface area contributed by atoms with Crippen LogP contribution in [-0.2, 0) is 13.6 Å². The van der Waals surface area contributed by atoms with Crippen molar-refractivity contribution >= 4 is 17.3 Å². The summed E-state index contributed by atoms with van der Waals surface area (Å²) in [6, 6.07) is 7.23. The van der Waals surface area contributed by atoms with Crippen LogP contribution in [0.2, 0.25) is 5.02 Å². The normalized spacial score (nSPS) is 9.94. The van der Waals surface area contributed by atoms with Gasteiger partial charge in [0.15, 0.2) is 0 Å². The summed E-state index contributed by atoms with van der Waals surface area (Å²) < 4.78 is 1.94. The first-order chi connectivity index (χ1) is 8.20. The number of aromatic nitrogens is 2. The van der Waals surface area contributed by atoms with Crippen LogP contribution in [0.15, 0.2) is 30.7 Å². The number of aryl methyl sites for hydroxylation is 1. The van der Waals surface area contributed by atoms with E-state index in [1.165, 1.54) is 0 Å². The van der Waals surface area contributed by atoms with E-state index >= 15 is 0 Å². The van der Waals surface area contributed by atoms with Crippen LogP contribution in [0, 0.1) is 11.3 Å². The molecule has 2 rings (SSSR count). The zero-order valence-corrected chi connectivity index (χ0v) is 10.1. The maximum absolute atomic E-state index is 8.73. The third-order valence-electron chi connectivity index (χ3n) is 2.47. The second kappa shape index (κ2) is 4.89. The number of anilines is 1. The largest absolute Gasteiger partial charge is 0.378 e. The van der Waals surface area contributed by atoms with Crippen molar-refractivity contribution in [2.24, 2.45) is 7.05 Å². The number of nitrogens with one attached hydrogen (secondary N) is 1. The quantitative estimate of drug-likeness (QED) is 0.906. The number of imidazole rings is 1. The van der Waals surface area contributed by atoms with Crippen LogP contribution in [0.1, 0.15) is 11.3 Å². The first-order valence-corrected chi connectivity index (χ1v) is 5.47. The molecule has 0 fully saturated rings. The summed E-state index contributed by atoms with van der Waals surface area (Å²) in [6.07, 6.45) is 3.54. The molecule has 2 aromatic rings. The Morgan fingerprint density at radius 3 is 2.94 bits per heavy atom. The lowest BCUT2D eigenvalue weighted by atomic mass is 10.2. The minimum atomic E-state index is 0.547. The average molecular weight is 247 g/mol. The zero-order chi connectivity index (χ0) is 12.3. The summed E-state index contributed by atoms with van der Waals surface area (Å²) in [5.41, 5.74) is 2.43. The van der Waals surface area contributed by atoms with E-state index < -0.39 is 0 Å². The van der Waals surface area contributed by atoms with Crippen molar-refractivity contribution in [2.75, 3.05) is 5.32 Å². The predicted molar refractivity (Wildman–Crippen MR) is 66.7 cm³/mol. The van der Waals surface area contributed by atoms with Gasteiger partial charge in [-0.15, -0.1) is 0 Å². The molecule has 0 radical (unpaired) electrons. The maximum atomic E-state index is 8.73. The highest BCUT2D eigenvalue weighted by Crippen LogP contribution is 2.23. The Bertz CT molecular complexity index is 568. The summed E-state index contributed by atoms with van der Waals surface area (Å²) in [6.45, 7) is 0.641. The Morgan fingerprint density at radius 1 is 1.53 bits per heavy atom. The Hall–Kier alpha value is -1.99. The fourth-order valence-electron chi connectivity index (χ4n) is 1.47. The molecule has 0 spiro atoms. The molecular weight excluding hydrogens is 236 g/mol. The van der Waals surface area contributed by atoms with Gasteiger partial charge in [0.1, 0.15) is 0 Å². The number of benzene rings is 1. The molecule has 0 saturated carbocycles. The first kappa shape index (κ1) is 11.5. The first-order valence-electron chi connectivity index (χ1n) is 5.09. The van der Waals surface area contributed by atoms with Gasteiger partial charge in [0, 0.05) is 13.2 Å². The topological polar surface area (TPSA) is 53.6 Å². The Labute approximate surface area is 104 Å². The number of hydrogen-bond acceptors (Lipinski definition) is 3. The Morgan fingerprint density at radius 2 is 2.35 bits per heavy atom. The minimum Gasteiger partial charge on any atom is -0.378 e. The standard InChI is InChI=1S/C12H11ClN4/c1-17-8-15-6-10(17)7-16-12-3-2-9(5-14)4-11(12)13/h2-4,6,8,16H,7H2,1H3. The van der Waals surface area contributed by atoms with E-state index in [0.717, 1.165) is 11.4 Å². The molecule has 1 aromatic heterocycles. The van der Waals surface area contributed by atoms with Gasteiger partial charge in [0.25, 0.3) is 0 Å². The van der Waals surface area contributed by atoms with Gasteiger partial charge in [-0.2, -0.15) is 5.26 Å². The van der Waals surface area contributed by atoms with Crippen molar-refractivity contribution in [3.05, 3.63) is 47.0 Å². The SMILES string of the molecule is Cn1cncc1CNc1ccc(C#N)cc1Cl. The lowest BCUT2D eigenvalue weighted by Gasteiger charge is -2.08. The molecule has 5 heteroatoms. The number of nitrogens with zero attached hydrogens (tertiary/aromatic N) is 3. The summed E-state index contributed by atoms with van der Waals surface area (Å²) >= 11 is 6.05. The van der Waals surface area contributed by atoms with E-state index in [1.807, 2.05) is 17.7 Å². The molecule has 0 aliphatic rings. The molecule has 86 valence electrons. The van der Waals surface area contributed by atoms with Gasteiger partial charge >= 0.3 is 0 Å². The molecule has 0 aliphatic carbocycles. The molecule has 1 heterocycles. The van der Waals surface area contributed by atoms with Crippen molar-refractivity contribution in [3.8, 4) is 6.07 Å². The van der Waals surface area contributed by atoms with E-state index in [-0.39, 0.29) is 0 Å². The summed E-state index contributed by atoms with van der Waals surface area (Å²) in [4.78, 5) is 4.03. The van der Waals surface area contributed by atoms with Crippen LogP contribution < -0.4 is 5.32 Å². The van der Waals surface area contributed by atoms with Crippen molar-refractivity contribution < 1.29 is 0 Å². The second-order valence-electron chi connectivity index (χ2n) is 3.66. The van der Waals surface area contributed by atoms with Gasteiger partial charge in [0.2, 0.25) is 0 Å². The minimum absolute atomic E-state index is 0.547. The van der Waals surface area contributed by atoms with E-state index in [0.29, 0.717) is 17.1 Å². The van der Waals surface area contributed by atoms with E-state index in [1.54, 1.807) is 30.7 Å². The lowest BCUT2D eigenvalue weighted by molar-refractivity contribution is 0.837. The maximum Gasteiger partial charge on any atom is 0.0992 e. The van der Waals surface area contributed by atoms with Gasteiger partial charge in [-0.25, -0.2) is 4.98 Å². The average Bonchev–Trinajstić information content (AvgIpc) is 2.73. The van der Waals surface area contributed by atoms with Gasteiger partial charge in [-0.1, -0.05) is 11.6 Å². The molecule has 0 bridgehead atoms. The smallest absolute Gasteiger partial charge is 0.0992 e. The molecule has 0 aliphatic heterocycles. The number of nitriles is 1. The van der Waals surface area contributed by atoms with Crippen LogP contribution in [0.5, 0.6) is 0 Å². The molecule has 1 aromatic carbocycles.